The molecule has 0 bridgehead atoms. The number of fused-ring (bicyclic) bond motifs is 3. The van der Waals surface area contributed by atoms with Crippen molar-refractivity contribution in [1.82, 2.24) is 0 Å². The Kier molecular flexibility index (Phi) is 3.40. The summed E-state index contributed by atoms with van der Waals surface area (Å²) in [6, 6.07) is 11.4. The van der Waals surface area contributed by atoms with E-state index in [4.69, 9.17) is 0 Å². The number of phenolic OH excluding ortho intramolecular Hbond substituents is 2. The van der Waals surface area contributed by atoms with Crippen LogP contribution in [-0.2, 0) is 5.41 Å². The van der Waals surface area contributed by atoms with Gasteiger partial charge in [-0.3, -0.25) is 0 Å². The summed E-state index contributed by atoms with van der Waals surface area (Å²) in [5.74, 6) is 0.643. The molecule has 2 aromatic carbocycles. The lowest BCUT2D eigenvalue weighted by Gasteiger charge is -2.32. The van der Waals surface area contributed by atoms with Crippen LogP contribution in [0.5, 0.6) is 11.5 Å². The van der Waals surface area contributed by atoms with Gasteiger partial charge in [0.1, 0.15) is 11.5 Å². The van der Waals surface area contributed by atoms with Crippen LogP contribution in [0.4, 0.5) is 0 Å². The molecule has 0 aromatic heterocycles. The molecule has 0 radical (unpaired) electrons. The van der Waals surface area contributed by atoms with Gasteiger partial charge in [0.05, 0.1) is 0 Å². The second kappa shape index (κ2) is 5.10. The summed E-state index contributed by atoms with van der Waals surface area (Å²) in [6.45, 7) is 4.39. The maximum absolute atomic E-state index is 9.95. The van der Waals surface area contributed by atoms with E-state index >= 15 is 0 Å². The first kappa shape index (κ1) is 14.0. The Balaban J connectivity index is 2.32. The zero-order chi connectivity index (χ0) is 15.0. The van der Waals surface area contributed by atoms with E-state index in [-0.39, 0.29) is 5.41 Å². The van der Waals surface area contributed by atoms with E-state index in [0.717, 1.165) is 25.7 Å². The maximum Gasteiger partial charge on any atom is 0.115 e. The molecule has 2 N–H and O–H groups in total. The second-order valence-electron chi connectivity index (χ2n) is 6.04. The largest absolute Gasteiger partial charge is 0.508 e. The number of hydrogen-bond donors (Lipinski definition) is 2. The highest BCUT2D eigenvalue weighted by Crippen LogP contribution is 2.55. The van der Waals surface area contributed by atoms with Crippen molar-refractivity contribution >= 4 is 0 Å². The molecular formula is C19H22O2. The summed E-state index contributed by atoms with van der Waals surface area (Å²) in [7, 11) is 0. The van der Waals surface area contributed by atoms with Crippen LogP contribution in [0.2, 0.25) is 0 Å². The number of aromatic hydroxyl groups is 2. The van der Waals surface area contributed by atoms with Crippen molar-refractivity contribution in [3.05, 3.63) is 47.5 Å². The van der Waals surface area contributed by atoms with Crippen molar-refractivity contribution in [1.29, 1.82) is 0 Å². The van der Waals surface area contributed by atoms with Gasteiger partial charge in [0.25, 0.3) is 0 Å². The van der Waals surface area contributed by atoms with E-state index in [0.29, 0.717) is 11.5 Å². The van der Waals surface area contributed by atoms with Gasteiger partial charge in [0, 0.05) is 5.41 Å². The molecule has 0 heterocycles. The van der Waals surface area contributed by atoms with Crippen LogP contribution in [0, 0.1) is 0 Å². The average molecular weight is 282 g/mol. The van der Waals surface area contributed by atoms with Crippen LogP contribution in [0.15, 0.2) is 36.4 Å². The lowest BCUT2D eigenvalue weighted by atomic mass is 9.71. The molecule has 0 aliphatic heterocycles. The van der Waals surface area contributed by atoms with Gasteiger partial charge in [0.15, 0.2) is 0 Å². The van der Waals surface area contributed by atoms with Crippen LogP contribution in [0.3, 0.4) is 0 Å². The van der Waals surface area contributed by atoms with E-state index in [1.54, 1.807) is 12.1 Å². The third kappa shape index (κ3) is 2.01. The first-order valence-electron chi connectivity index (χ1n) is 7.79. The molecule has 1 aliphatic carbocycles. The molecule has 21 heavy (non-hydrogen) atoms. The van der Waals surface area contributed by atoms with Crippen LogP contribution in [0.1, 0.15) is 50.7 Å². The molecule has 0 saturated carbocycles. The third-order valence-corrected chi connectivity index (χ3v) is 4.68. The van der Waals surface area contributed by atoms with Gasteiger partial charge in [-0.2, -0.15) is 0 Å². The highest BCUT2D eigenvalue weighted by Gasteiger charge is 2.42. The third-order valence-electron chi connectivity index (χ3n) is 4.68. The van der Waals surface area contributed by atoms with Gasteiger partial charge in [-0.15, -0.1) is 0 Å². The van der Waals surface area contributed by atoms with Crippen LogP contribution < -0.4 is 0 Å². The molecule has 2 heteroatoms. The molecule has 3 rings (SSSR count). The quantitative estimate of drug-likeness (QED) is 0.831. The summed E-state index contributed by atoms with van der Waals surface area (Å²) in [5.41, 5.74) is 4.75. The Morgan fingerprint density at radius 3 is 1.57 bits per heavy atom. The SMILES string of the molecule is CCCC1(CCC)c2cc(O)ccc2-c2ccc(O)cc21. The van der Waals surface area contributed by atoms with E-state index in [1.807, 2.05) is 24.3 Å². The predicted molar refractivity (Wildman–Crippen MR) is 85.8 cm³/mol. The minimum Gasteiger partial charge on any atom is -0.508 e. The number of hydrogen-bond acceptors (Lipinski definition) is 2. The molecule has 0 spiro atoms. The van der Waals surface area contributed by atoms with Gasteiger partial charge in [-0.25, -0.2) is 0 Å². The molecule has 0 atom stereocenters. The van der Waals surface area contributed by atoms with Crippen molar-refractivity contribution in [3.63, 3.8) is 0 Å². The molecular weight excluding hydrogens is 260 g/mol. The van der Waals surface area contributed by atoms with E-state index in [9.17, 15) is 10.2 Å². The first-order valence-corrected chi connectivity index (χ1v) is 7.79. The average Bonchev–Trinajstić information content (AvgIpc) is 2.70. The molecule has 1 aliphatic rings. The predicted octanol–water partition coefficient (Wildman–Crippen LogP) is 4.96. The smallest absolute Gasteiger partial charge is 0.115 e. The zero-order valence-electron chi connectivity index (χ0n) is 12.7. The number of benzene rings is 2. The van der Waals surface area contributed by atoms with Gasteiger partial charge in [0.2, 0.25) is 0 Å². The minimum atomic E-state index is -0.0777. The van der Waals surface area contributed by atoms with Crippen LogP contribution in [0.25, 0.3) is 11.1 Å². The molecule has 0 saturated heterocycles. The Labute approximate surface area is 126 Å². The highest BCUT2D eigenvalue weighted by molar-refractivity contribution is 5.82. The summed E-state index contributed by atoms with van der Waals surface area (Å²) in [4.78, 5) is 0. The Bertz CT molecular complexity index is 614. The maximum atomic E-state index is 9.95. The summed E-state index contributed by atoms with van der Waals surface area (Å²) >= 11 is 0. The minimum absolute atomic E-state index is 0.0777. The molecule has 0 fully saturated rings. The van der Waals surface area contributed by atoms with Gasteiger partial charge in [-0.1, -0.05) is 38.8 Å². The van der Waals surface area contributed by atoms with Crippen molar-refractivity contribution in [2.24, 2.45) is 0 Å². The Morgan fingerprint density at radius 2 is 1.19 bits per heavy atom. The fourth-order valence-corrected chi connectivity index (χ4v) is 3.99. The Hall–Kier alpha value is -1.96. The normalized spacial score (nSPS) is 14.8. The monoisotopic (exact) mass is 282 g/mol. The molecule has 110 valence electrons. The number of rotatable bonds is 4. The Morgan fingerprint density at radius 1 is 0.762 bits per heavy atom. The van der Waals surface area contributed by atoms with Gasteiger partial charge >= 0.3 is 0 Å². The van der Waals surface area contributed by atoms with Crippen molar-refractivity contribution in [2.75, 3.05) is 0 Å². The lowest BCUT2D eigenvalue weighted by Crippen LogP contribution is -2.24. The zero-order valence-corrected chi connectivity index (χ0v) is 12.7. The molecule has 0 amide bonds. The van der Waals surface area contributed by atoms with Gasteiger partial charge < -0.3 is 10.2 Å². The van der Waals surface area contributed by atoms with Crippen molar-refractivity contribution in [3.8, 4) is 22.6 Å². The summed E-state index contributed by atoms with van der Waals surface area (Å²) < 4.78 is 0. The van der Waals surface area contributed by atoms with Crippen LogP contribution in [-0.4, -0.2) is 10.2 Å². The van der Waals surface area contributed by atoms with Crippen molar-refractivity contribution < 1.29 is 10.2 Å². The highest BCUT2D eigenvalue weighted by atomic mass is 16.3. The van der Waals surface area contributed by atoms with Crippen molar-refractivity contribution in [2.45, 2.75) is 44.9 Å². The van der Waals surface area contributed by atoms with E-state index < -0.39 is 0 Å². The molecule has 2 aromatic rings. The molecule has 2 nitrogen and oxygen atoms in total. The second-order valence-corrected chi connectivity index (χ2v) is 6.04. The fraction of sp³-hybridized carbons (Fsp3) is 0.368. The summed E-state index contributed by atoms with van der Waals surface area (Å²) in [5, 5.41) is 19.9. The van der Waals surface area contributed by atoms with Gasteiger partial charge in [-0.05, 0) is 59.4 Å². The van der Waals surface area contributed by atoms with Crippen LogP contribution >= 0.6 is 0 Å². The molecule has 0 unspecified atom stereocenters. The first-order chi connectivity index (χ1) is 10.1. The number of phenols is 2. The fourth-order valence-electron chi connectivity index (χ4n) is 3.99. The van der Waals surface area contributed by atoms with E-state index in [1.165, 1.54) is 22.3 Å². The standard InChI is InChI=1S/C19H22O2/c1-3-9-19(10-4-2)17-11-13(20)5-7-15(17)16-8-6-14(21)12-18(16)19/h5-8,11-12,20-21H,3-4,9-10H2,1-2H3. The van der Waals surface area contributed by atoms with E-state index in [2.05, 4.69) is 13.8 Å². The topological polar surface area (TPSA) is 40.5 Å². The summed E-state index contributed by atoms with van der Waals surface area (Å²) in [6.07, 6.45) is 4.22. The lowest BCUT2D eigenvalue weighted by molar-refractivity contribution is 0.424.